The average molecular weight is 1080 g/mol. The molecule has 0 saturated heterocycles. The van der Waals surface area contributed by atoms with Gasteiger partial charge in [0.25, 0.3) is 0 Å². The molecular formula is C50H47Mn2N5O16+4. The van der Waals surface area contributed by atoms with Gasteiger partial charge < -0.3 is 77.6 Å². The van der Waals surface area contributed by atoms with Crippen LogP contribution in [0, 0.1) is 0 Å². The molecule has 5 heterocycles. The second-order valence-electron chi connectivity index (χ2n) is 13.4. The standard InChI is InChI=1S/5C10H7NO2.2Mn.6H2O/c5*12-10(13)9-6-5-7-3-1-2-4-8(7)11-9;;;;;;;;/h5*1-6H,(H,12,13);;;6*1H2/q;;;;;2*+2;;;;;;. The maximum Gasteiger partial charge on any atom is 2.00 e. The third-order valence-electron chi connectivity index (χ3n) is 9.05. The van der Waals surface area contributed by atoms with Gasteiger partial charge in [0, 0.05) is 26.9 Å². The van der Waals surface area contributed by atoms with Gasteiger partial charge in [-0.15, -0.1) is 0 Å². The first kappa shape index (κ1) is 68.6. The number of rotatable bonds is 5. The first-order valence-corrected chi connectivity index (χ1v) is 19.2. The zero-order chi connectivity index (χ0) is 46.3. The van der Waals surface area contributed by atoms with Crippen LogP contribution in [0.15, 0.2) is 182 Å². The summed E-state index contributed by atoms with van der Waals surface area (Å²) in [5, 5.41) is 55.2. The number of carboxylic acid groups (broad SMARTS) is 5. The molecule has 10 rings (SSSR count). The molecule has 23 heteroatoms. The van der Waals surface area contributed by atoms with Crippen LogP contribution in [-0.2, 0) is 56.0 Å². The normalized spacial score (nSPS) is 9.04. The van der Waals surface area contributed by atoms with Crippen LogP contribution in [0.1, 0.15) is 52.4 Å². The summed E-state index contributed by atoms with van der Waals surface area (Å²) in [4.78, 5) is 72.1. The fraction of sp³-hybridized carbons (Fsp3) is 0. The van der Waals surface area contributed by atoms with E-state index in [0.717, 1.165) is 26.9 Å². The van der Waals surface area contributed by atoms with Crippen molar-refractivity contribution in [1.29, 1.82) is 0 Å². The maximum atomic E-state index is 10.6. The molecular weight excluding hydrogens is 1040 g/mol. The number of benzene rings is 5. The summed E-state index contributed by atoms with van der Waals surface area (Å²) in [6.07, 6.45) is 0. The Bertz CT molecular complexity index is 2870. The van der Waals surface area contributed by atoms with E-state index in [-0.39, 0.29) is 95.5 Å². The summed E-state index contributed by atoms with van der Waals surface area (Å²) in [7, 11) is 0. The Morgan fingerprint density at radius 2 is 0.452 bits per heavy atom. The molecule has 2 radical (unpaired) electrons. The number of hydrogen-bond acceptors (Lipinski definition) is 14. The quantitative estimate of drug-likeness (QED) is 0.159. The minimum absolute atomic E-state index is 0. The predicted octanol–water partition coefficient (Wildman–Crippen LogP) is -1.02. The van der Waals surface area contributed by atoms with Crippen molar-refractivity contribution in [1.82, 2.24) is 24.9 Å². The van der Waals surface area contributed by atoms with Gasteiger partial charge in [0.15, 0.2) is 0 Å². The largest absolute Gasteiger partial charge is 2.00 e. The van der Waals surface area contributed by atoms with Gasteiger partial charge in [0.1, 0.15) is 5.69 Å². The number of para-hydroxylation sites is 5. The molecule has 10 aromatic rings. The Hall–Kier alpha value is -8.70. The number of fused-ring (bicyclic) bond motifs is 5. The number of nitrogens with zero attached hydrogens (tertiary/aromatic N) is 5. The monoisotopic (exact) mass is 1080 g/mol. The Morgan fingerprint density at radius 1 is 0.288 bits per heavy atom. The average Bonchev–Trinajstić information content (AvgIpc) is 3.34. The van der Waals surface area contributed by atoms with Gasteiger partial charge in [-0.3, -0.25) is 0 Å². The molecule has 0 aliphatic rings. The SMILES string of the molecule is O.O.O=C(O)c1ccc2ccccc2n1.O=C([O-])c1ccc2ccccc2n1.O=C([O-])c1ccc2ccccc2n1.O=C([O-])c1ccc2ccccc2n1.O=C([O-])c1ccc2ccccc2n1.[Mn+2].[Mn+2].[OH3+].[OH3+].[OH3+].[OH3+]. The number of carboxylic acids is 5. The number of carbonyl (C=O) groups excluding carboxylic acids is 4. The molecule has 17 N–H and O–H groups in total. The van der Waals surface area contributed by atoms with Gasteiger partial charge in [-0.1, -0.05) is 121 Å². The molecule has 0 saturated carbocycles. The summed E-state index contributed by atoms with van der Waals surface area (Å²) < 4.78 is 0. The van der Waals surface area contributed by atoms with E-state index in [1.807, 2.05) is 91.0 Å². The van der Waals surface area contributed by atoms with Gasteiger partial charge in [-0.25, -0.2) is 29.7 Å². The molecule has 73 heavy (non-hydrogen) atoms. The van der Waals surface area contributed by atoms with Gasteiger partial charge in [0.2, 0.25) is 0 Å². The zero-order valence-corrected chi connectivity index (χ0v) is 40.1. The summed E-state index contributed by atoms with van der Waals surface area (Å²) in [5.41, 5.74) is 3.36. The van der Waals surface area contributed by atoms with Crippen LogP contribution < -0.4 is 20.4 Å². The fourth-order valence-corrected chi connectivity index (χ4v) is 5.90. The van der Waals surface area contributed by atoms with E-state index >= 15 is 0 Å². The molecule has 0 spiro atoms. The van der Waals surface area contributed by atoms with Gasteiger partial charge in [0.05, 0.1) is 74.2 Å². The summed E-state index contributed by atoms with van der Waals surface area (Å²) in [6, 6.07) is 52.6. The van der Waals surface area contributed by atoms with E-state index in [1.54, 1.807) is 60.7 Å². The van der Waals surface area contributed by atoms with E-state index in [1.165, 1.54) is 30.3 Å². The number of pyridine rings is 5. The molecule has 0 unspecified atom stereocenters. The van der Waals surface area contributed by atoms with Crippen molar-refractivity contribution in [2.24, 2.45) is 0 Å². The van der Waals surface area contributed by atoms with Gasteiger partial charge in [-0.05, 0) is 60.7 Å². The van der Waals surface area contributed by atoms with E-state index in [0.29, 0.717) is 27.6 Å². The summed E-state index contributed by atoms with van der Waals surface area (Å²) >= 11 is 0. The van der Waals surface area contributed by atoms with Crippen molar-refractivity contribution in [3.63, 3.8) is 0 Å². The second kappa shape index (κ2) is 33.0. The molecule has 0 aliphatic carbocycles. The molecule has 21 nitrogen and oxygen atoms in total. The third-order valence-corrected chi connectivity index (χ3v) is 9.05. The summed E-state index contributed by atoms with van der Waals surface area (Å²) in [5.74, 6) is -5.97. The maximum absolute atomic E-state index is 10.6. The van der Waals surface area contributed by atoms with Crippen LogP contribution in [-0.4, -0.2) is 70.8 Å². The molecule has 0 fully saturated rings. The Morgan fingerprint density at radius 3 is 0.630 bits per heavy atom. The van der Waals surface area contributed by atoms with Crippen LogP contribution in [0.5, 0.6) is 0 Å². The first-order valence-electron chi connectivity index (χ1n) is 19.2. The molecule has 5 aromatic heterocycles. The Balaban J connectivity index is -0.000000817. The molecule has 0 bridgehead atoms. The molecule has 0 aliphatic heterocycles. The number of aromatic nitrogens is 5. The van der Waals surface area contributed by atoms with E-state index in [9.17, 15) is 44.4 Å². The topological polar surface area (TPSA) is 457 Å². The van der Waals surface area contributed by atoms with Crippen molar-refractivity contribution in [2.45, 2.75) is 0 Å². The van der Waals surface area contributed by atoms with Crippen molar-refractivity contribution in [3.05, 3.63) is 210 Å². The number of hydrogen-bond donors (Lipinski definition) is 1. The smallest absolute Gasteiger partial charge is 0.543 e. The van der Waals surface area contributed by atoms with E-state index < -0.39 is 29.8 Å². The van der Waals surface area contributed by atoms with Crippen LogP contribution in [0.25, 0.3) is 54.5 Å². The van der Waals surface area contributed by atoms with Crippen molar-refractivity contribution >= 4 is 84.4 Å². The Kier molecular flexibility index (Phi) is 31.0. The Labute approximate surface area is 434 Å². The van der Waals surface area contributed by atoms with Gasteiger partial charge in [-0.2, -0.15) is 0 Å². The van der Waals surface area contributed by atoms with Crippen LogP contribution in [0.2, 0.25) is 0 Å². The molecule has 378 valence electrons. The van der Waals surface area contributed by atoms with E-state index in [2.05, 4.69) is 24.9 Å². The van der Waals surface area contributed by atoms with Crippen molar-refractivity contribution < 1.29 is 116 Å². The van der Waals surface area contributed by atoms with E-state index in [4.69, 9.17) is 5.11 Å². The molecule has 5 aromatic carbocycles. The second-order valence-corrected chi connectivity index (χ2v) is 13.4. The third kappa shape index (κ3) is 19.2. The molecule has 0 amide bonds. The van der Waals surface area contributed by atoms with Crippen LogP contribution >= 0.6 is 0 Å². The van der Waals surface area contributed by atoms with Crippen molar-refractivity contribution in [2.75, 3.05) is 0 Å². The number of carbonyl (C=O) groups is 5. The van der Waals surface area contributed by atoms with Crippen molar-refractivity contribution in [3.8, 4) is 0 Å². The summed E-state index contributed by atoms with van der Waals surface area (Å²) in [6.45, 7) is 0. The fourth-order valence-electron chi connectivity index (χ4n) is 5.90. The number of aromatic carboxylic acids is 5. The predicted molar refractivity (Wildman–Crippen MR) is 260 cm³/mol. The first-order chi connectivity index (χ1) is 31.4. The molecule has 0 atom stereocenters. The minimum atomic E-state index is -1.24. The zero-order valence-electron chi connectivity index (χ0n) is 37.7. The van der Waals surface area contributed by atoms with Crippen LogP contribution in [0.3, 0.4) is 0 Å². The minimum Gasteiger partial charge on any atom is -0.543 e. The van der Waals surface area contributed by atoms with Crippen LogP contribution in [0.4, 0.5) is 0 Å². The van der Waals surface area contributed by atoms with Gasteiger partial charge >= 0.3 is 40.1 Å².